The van der Waals surface area contributed by atoms with Gasteiger partial charge < -0.3 is 14.5 Å². The van der Waals surface area contributed by atoms with E-state index in [0.29, 0.717) is 6.10 Å². The second-order valence-corrected chi connectivity index (χ2v) is 3.61. The third-order valence-corrected chi connectivity index (χ3v) is 1.83. The fraction of sp³-hybridized carbons (Fsp3) is 0.636. The Morgan fingerprint density at radius 2 is 2.21 bits per heavy atom. The van der Waals surface area contributed by atoms with E-state index >= 15 is 0 Å². The van der Waals surface area contributed by atoms with Gasteiger partial charge in [-0.3, -0.25) is 0 Å². The third kappa shape index (κ3) is 4.44. The van der Waals surface area contributed by atoms with E-state index in [0.717, 1.165) is 31.2 Å². The highest BCUT2D eigenvalue weighted by Gasteiger charge is 1.97. The highest BCUT2D eigenvalue weighted by Crippen LogP contribution is 2.04. The van der Waals surface area contributed by atoms with Crippen molar-refractivity contribution in [2.75, 3.05) is 13.2 Å². The standard InChI is InChI=1S/C11H19NO2/c1-9(2)13-7-6-12-8-11-5-4-10(3)14-11/h4-5,9,12H,6-8H2,1-3H3. The summed E-state index contributed by atoms with van der Waals surface area (Å²) in [7, 11) is 0. The summed E-state index contributed by atoms with van der Waals surface area (Å²) >= 11 is 0. The molecule has 3 nitrogen and oxygen atoms in total. The molecule has 0 aliphatic carbocycles. The zero-order valence-electron chi connectivity index (χ0n) is 9.17. The first kappa shape index (κ1) is 11.3. The highest BCUT2D eigenvalue weighted by molar-refractivity contribution is 5.04. The second-order valence-electron chi connectivity index (χ2n) is 3.61. The van der Waals surface area contributed by atoms with Crippen molar-refractivity contribution in [2.45, 2.75) is 33.4 Å². The van der Waals surface area contributed by atoms with Gasteiger partial charge in [-0.05, 0) is 32.9 Å². The molecule has 0 atom stereocenters. The third-order valence-electron chi connectivity index (χ3n) is 1.83. The van der Waals surface area contributed by atoms with Crippen molar-refractivity contribution in [3.63, 3.8) is 0 Å². The molecule has 1 aromatic rings. The fourth-order valence-corrected chi connectivity index (χ4v) is 1.16. The topological polar surface area (TPSA) is 34.4 Å². The molecule has 0 fully saturated rings. The van der Waals surface area contributed by atoms with Gasteiger partial charge in [0, 0.05) is 6.54 Å². The smallest absolute Gasteiger partial charge is 0.117 e. The van der Waals surface area contributed by atoms with Gasteiger partial charge in [-0.25, -0.2) is 0 Å². The zero-order chi connectivity index (χ0) is 10.4. The van der Waals surface area contributed by atoms with Crippen LogP contribution in [0.15, 0.2) is 16.5 Å². The predicted octanol–water partition coefficient (Wildman–Crippen LogP) is 2.10. The van der Waals surface area contributed by atoms with Gasteiger partial charge in [-0.15, -0.1) is 0 Å². The summed E-state index contributed by atoms with van der Waals surface area (Å²) in [6, 6.07) is 3.97. The van der Waals surface area contributed by atoms with Crippen LogP contribution in [0.5, 0.6) is 0 Å². The molecule has 0 spiro atoms. The van der Waals surface area contributed by atoms with Crippen molar-refractivity contribution in [2.24, 2.45) is 0 Å². The van der Waals surface area contributed by atoms with Crippen LogP contribution < -0.4 is 5.32 Å². The summed E-state index contributed by atoms with van der Waals surface area (Å²) < 4.78 is 10.8. The van der Waals surface area contributed by atoms with Crippen molar-refractivity contribution in [3.8, 4) is 0 Å². The van der Waals surface area contributed by atoms with Crippen molar-refractivity contribution < 1.29 is 9.15 Å². The molecule has 0 aliphatic heterocycles. The Hall–Kier alpha value is -0.800. The van der Waals surface area contributed by atoms with E-state index in [1.165, 1.54) is 0 Å². The minimum atomic E-state index is 0.308. The van der Waals surface area contributed by atoms with Gasteiger partial charge >= 0.3 is 0 Å². The lowest BCUT2D eigenvalue weighted by Gasteiger charge is -2.07. The first-order valence-electron chi connectivity index (χ1n) is 5.06. The maximum Gasteiger partial charge on any atom is 0.117 e. The average Bonchev–Trinajstić information content (AvgIpc) is 2.50. The molecule has 1 rings (SSSR count). The molecular weight excluding hydrogens is 178 g/mol. The molecular formula is C11H19NO2. The largest absolute Gasteiger partial charge is 0.465 e. The lowest BCUT2D eigenvalue weighted by Crippen LogP contribution is -2.20. The SMILES string of the molecule is Cc1ccc(CNCCOC(C)C)o1. The van der Waals surface area contributed by atoms with E-state index < -0.39 is 0 Å². The van der Waals surface area contributed by atoms with Crippen LogP contribution in [0, 0.1) is 6.92 Å². The van der Waals surface area contributed by atoms with Crippen LogP contribution >= 0.6 is 0 Å². The molecule has 1 N–H and O–H groups in total. The number of nitrogens with one attached hydrogen (secondary N) is 1. The highest BCUT2D eigenvalue weighted by atomic mass is 16.5. The van der Waals surface area contributed by atoms with Crippen molar-refractivity contribution in [1.29, 1.82) is 0 Å². The van der Waals surface area contributed by atoms with Crippen LogP contribution in [0.1, 0.15) is 25.4 Å². The van der Waals surface area contributed by atoms with Crippen LogP contribution in [-0.4, -0.2) is 19.3 Å². The number of rotatable bonds is 6. The monoisotopic (exact) mass is 197 g/mol. The van der Waals surface area contributed by atoms with E-state index in [-0.39, 0.29) is 0 Å². The summed E-state index contributed by atoms with van der Waals surface area (Å²) in [6.45, 7) is 8.40. The Labute approximate surface area is 85.4 Å². The van der Waals surface area contributed by atoms with Crippen LogP contribution in [0.4, 0.5) is 0 Å². The minimum absolute atomic E-state index is 0.308. The number of hydrogen-bond acceptors (Lipinski definition) is 3. The number of furan rings is 1. The predicted molar refractivity (Wildman–Crippen MR) is 56.2 cm³/mol. The fourth-order valence-electron chi connectivity index (χ4n) is 1.16. The van der Waals surface area contributed by atoms with Crippen LogP contribution in [0.3, 0.4) is 0 Å². The molecule has 1 heterocycles. The Morgan fingerprint density at radius 1 is 1.43 bits per heavy atom. The molecule has 0 radical (unpaired) electrons. The van der Waals surface area contributed by atoms with Crippen LogP contribution in [0.2, 0.25) is 0 Å². The van der Waals surface area contributed by atoms with Crippen LogP contribution in [0.25, 0.3) is 0 Å². The lowest BCUT2D eigenvalue weighted by atomic mass is 10.4. The van der Waals surface area contributed by atoms with Gasteiger partial charge in [0.05, 0.1) is 19.3 Å². The normalized spacial score (nSPS) is 11.1. The van der Waals surface area contributed by atoms with E-state index in [2.05, 4.69) is 5.32 Å². The van der Waals surface area contributed by atoms with Crippen molar-refractivity contribution >= 4 is 0 Å². The maximum atomic E-state index is 5.41. The summed E-state index contributed by atoms with van der Waals surface area (Å²) in [5, 5.41) is 3.25. The molecule has 80 valence electrons. The first-order valence-corrected chi connectivity index (χ1v) is 5.06. The molecule has 14 heavy (non-hydrogen) atoms. The molecule has 0 bridgehead atoms. The van der Waals surface area contributed by atoms with E-state index in [1.54, 1.807) is 0 Å². The van der Waals surface area contributed by atoms with Gasteiger partial charge in [0.15, 0.2) is 0 Å². The Morgan fingerprint density at radius 3 is 2.79 bits per heavy atom. The molecule has 3 heteroatoms. The van der Waals surface area contributed by atoms with Gasteiger partial charge in [-0.2, -0.15) is 0 Å². The van der Waals surface area contributed by atoms with E-state index in [1.807, 2.05) is 32.9 Å². The van der Waals surface area contributed by atoms with Crippen LogP contribution in [-0.2, 0) is 11.3 Å². The molecule has 0 amide bonds. The molecule has 0 aliphatic rings. The van der Waals surface area contributed by atoms with E-state index in [9.17, 15) is 0 Å². The second kappa shape index (κ2) is 5.83. The zero-order valence-corrected chi connectivity index (χ0v) is 9.17. The minimum Gasteiger partial charge on any atom is -0.465 e. The van der Waals surface area contributed by atoms with Crippen molar-refractivity contribution in [3.05, 3.63) is 23.7 Å². The first-order chi connectivity index (χ1) is 6.68. The molecule has 1 aromatic heterocycles. The maximum absolute atomic E-state index is 5.41. The number of ether oxygens (including phenoxy) is 1. The van der Waals surface area contributed by atoms with Gasteiger partial charge in [0.1, 0.15) is 11.5 Å². The van der Waals surface area contributed by atoms with E-state index in [4.69, 9.17) is 9.15 Å². The average molecular weight is 197 g/mol. The molecule has 0 saturated carbocycles. The van der Waals surface area contributed by atoms with Crippen molar-refractivity contribution in [1.82, 2.24) is 5.32 Å². The Balaban J connectivity index is 2.04. The van der Waals surface area contributed by atoms with Gasteiger partial charge in [0.2, 0.25) is 0 Å². The molecule has 0 unspecified atom stereocenters. The van der Waals surface area contributed by atoms with Gasteiger partial charge in [0.25, 0.3) is 0 Å². The Kier molecular flexibility index (Phi) is 4.70. The van der Waals surface area contributed by atoms with Gasteiger partial charge in [-0.1, -0.05) is 0 Å². The molecule has 0 aromatic carbocycles. The Bertz CT molecular complexity index is 256. The summed E-state index contributed by atoms with van der Waals surface area (Å²) in [5.41, 5.74) is 0. The number of hydrogen-bond donors (Lipinski definition) is 1. The summed E-state index contributed by atoms with van der Waals surface area (Å²) in [5.74, 6) is 1.94. The number of aryl methyl sites for hydroxylation is 1. The lowest BCUT2D eigenvalue weighted by molar-refractivity contribution is 0.0805. The molecule has 0 saturated heterocycles. The summed E-state index contributed by atoms with van der Waals surface area (Å²) in [4.78, 5) is 0. The summed E-state index contributed by atoms with van der Waals surface area (Å²) in [6.07, 6.45) is 0.308. The quantitative estimate of drug-likeness (QED) is 0.709.